The fraction of sp³-hybridized carbons (Fsp3) is 1.00. The summed E-state index contributed by atoms with van der Waals surface area (Å²) in [7, 11) is 0. The van der Waals surface area contributed by atoms with Gasteiger partial charge in [-0.05, 0) is 37.0 Å². The third-order valence-electron chi connectivity index (χ3n) is 4.05. The number of hydrogen-bond donors (Lipinski definition) is 1. The van der Waals surface area contributed by atoms with E-state index in [0.29, 0.717) is 11.8 Å². The number of rotatable bonds is 1. The molecular weight excluding hydrogens is 148 g/mol. The predicted molar refractivity (Wildman–Crippen MR) is 49.9 cm³/mol. The largest absolute Gasteiger partial charge is 0.389 e. The summed E-state index contributed by atoms with van der Waals surface area (Å²) in [6, 6.07) is 0. The second-order valence-corrected chi connectivity index (χ2v) is 5.05. The summed E-state index contributed by atoms with van der Waals surface area (Å²) in [5.41, 5.74) is -0.236. The van der Waals surface area contributed by atoms with E-state index in [1.165, 1.54) is 25.7 Å². The highest BCUT2D eigenvalue weighted by Crippen LogP contribution is 2.53. The van der Waals surface area contributed by atoms with E-state index in [1.807, 2.05) is 0 Å². The molecule has 0 saturated heterocycles. The minimum absolute atomic E-state index is 0.236. The molecule has 2 rings (SSSR count). The topological polar surface area (TPSA) is 20.2 Å². The van der Waals surface area contributed by atoms with Gasteiger partial charge in [-0.25, -0.2) is 0 Å². The van der Waals surface area contributed by atoms with Gasteiger partial charge in [0, 0.05) is 0 Å². The van der Waals surface area contributed by atoms with Gasteiger partial charge in [-0.2, -0.15) is 0 Å². The maximum atomic E-state index is 10.1. The van der Waals surface area contributed by atoms with Gasteiger partial charge in [0.2, 0.25) is 0 Å². The Morgan fingerprint density at radius 3 is 2.00 bits per heavy atom. The fourth-order valence-corrected chi connectivity index (χ4v) is 2.76. The van der Waals surface area contributed by atoms with Crippen molar-refractivity contribution in [3.05, 3.63) is 0 Å². The number of aliphatic hydroxyl groups is 1. The summed E-state index contributed by atoms with van der Waals surface area (Å²) < 4.78 is 0. The lowest BCUT2D eigenvalue weighted by Gasteiger charge is -2.30. The van der Waals surface area contributed by atoms with Gasteiger partial charge in [0.05, 0.1) is 5.60 Å². The maximum Gasteiger partial charge on any atom is 0.0705 e. The Labute approximate surface area is 75.2 Å². The van der Waals surface area contributed by atoms with Crippen LogP contribution in [0.15, 0.2) is 0 Å². The molecule has 0 aliphatic heterocycles. The Kier molecular flexibility index (Phi) is 1.95. The predicted octanol–water partition coefficient (Wildman–Crippen LogP) is 2.58. The minimum Gasteiger partial charge on any atom is -0.389 e. The zero-order chi connectivity index (χ0) is 8.77. The standard InChI is InChI=1S/C11H20O/c1-8-3-5-10(6-4-8)11(12)7-9(11)2/h8-10,12H,3-7H2,1-2H3. The first-order valence-electron chi connectivity index (χ1n) is 5.35. The molecule has 0 aromatic carbocycles. The van der Waals surface area contributed by atoms with Gasteiger partial charge in [0.15, 0.2) is 0 Å². The average molecular weight is 168 g/mol. The second-order valence-electron chi connectivity index (χ2n) is 5.05. The molecule has 1 N–H and O–H groups in total. The Morgan fingerprint density at radius 2 is 1.58 bits per heavy atom. The van der Waals surface area contributed by atoms with E-state index in [1.54, 1.807) is 0 Å². The van der Waals surface area contributed by atoms with Crippen LogP contribution in [0.5, 0.6) is 0 Å². The van der Waals surface area contributed by atoms with Crippen molar-refractivity contribution in [2.75, 3.05) is 0 Å². The quantitative estimate of drug-likeness (QED) is 0.638. The lowest BCUT2D eigenvalue weighted by Crippen LogP contribution is -2.28. The van der Waals surface area contributed by atoms with Crippen LogP contribution in [-0.4, -0.2) is 10.7 Å². The zero-order valence-electron chi connectivity index (χ0n) is 8.21. The van der Waals surface area contributed by atoms with Crippen LogP contribution >= 0.6 is 0 Å². The molecule has 0 bridgehead atoms. The van der Waals surface area contributed by atoms with Crippen LogP contribution in [0, 0.1) is 17.8 Å². The van der Waals surface area contributed by atoms with E-state index in [9.17, 15) is 5.11 Å². The van der Waals surface area contributed by atoms with Crippen molar-refractivity contribution in [2.45, 2.75) is 51.6 Å². The molecule has 0 aromatic heterocycles. The van der Waals surface area contributed by atoms with Crippen molar-refractivity contribution < 1.29 is 5.11 Å². The van der Waals surface area contributed by atoms with Gasteiger partial charge in [0.1, 0.15) is 0 Å². The lowest BCUT2D eigenvalue weighted by molar-refractivity contribution is 0.0404. The highest BCUT2D eigenvalue weighted by atomic mass is 16.3. The smallest absolute Gasteiger partial charge is 0.0705 e. The molecule has 0 amide bonds. The Morgan fingerprint density at radius 1 is 1.08 bits per heavy atom. The third-order valence-corrected chi connectivity index (χ3v) is 4.05. The SMILES string of the molecule is CC1CCC(C2(O)CC2C)CC1. The highest BCUT2D eigenvalue weighted by Gasteiger charge is 2.54. The van der Waals surface area contributed by atoms with Gasteiger partial charge in [-0.15, -0.1) is 0 Å². The van der Waals surface area contributed by atoms with Crippen LogP contribution in [0.1, 0.15) is 46.0 Å². The Hall–Kier alpha value is -0.0400. The molecule has 2 aliphatic rings. The summed E-state index contributed by atoms with van der Waals surface area (Å²) >= 11 is 0. The summed E-state index contributed by atoms with van der Waals surface area (Å²) in [6.45, 7) is 4.51. The van der Waals surface area contributed by atoms with Gasteiger partial charge in [-0.3, -0.25) is 0 Å². The van der Waals surface area contributed by atoms with E-state index in [2.05, 4.69) is 13.8 Å². The first-order chi connectivity index (χ1) is 5.63. The van der Waals surface area contributed by atoms with E-state index in [0.717, 1.165) is 12.3 Å². The molecule has 1 heteroatoms. The van der Waals surface area contributed by atoms with Crippen LogP contribution in [-0.2, 0) is 0 Å². The average Bonchev–Trinajstić information content (AvgIpc) is 2.62. The van der Waals surface area contributed by atoms with Crippen molar-refractivity contribution in [1.29, 1.82) is 0 Å². The normalized spacial score (nSPS) is 53.8. The molecule has 2 fully saturated rings. The van der Waals surface area contributed by atoms with Crippen molar-refractivity contribution >= 4 is 0 Å². The minimum atomic E-state index is -0.236. The highest BCUT2D eigenvalue weighted by molar-refractivity contribution is 5.05. The van der Waals surface area contributed by atoms with Crippen LogP contribution in [0.3, 0.4) is 0 Å². The van der Waals surface area contributed by atoms with E-state index in [-0.39, 0.29) is 5.60 Å². The first kappa shape index (κ1) is 8.55. The Bertz CT molecular complexity index is 170. The molecule has 0 aromatic rings. The van der Waals surface area contributed by atoms with Crippen LogP contribution in [0.4, 0.5) is 0 Å². The van der Waals surface area contributed by atoms with Gasteiger partial charge >= 0.3 is 0 Å². The van der Waals surface area contributed by atoms with Crippen molar-refractivity contribution in [1.82, 2.24) is 0 Å². The second kappa shape index (κ2) is 2.73. The maximum absolute atomic E-state index is 10.1. The van der Waals surface area contributed by atoms with Crippen molar-refractivity contribution in [3.8, 4) is 0 Å². The van der Waals surface area contributed by atoms with E-state index >= 15 is 0 Å². The molecule has 2 aliphatic carbocycles. The third kappa shape index (κ3) is 1.28. The zero-order valence-corrected chi connectivity index (χ0v) is 8.21. The van der Waals surface area contributed by atoms with Crippen molar-refractivity contribution in [3.63, 3.8) is 0 Å². The molecular formula is C11H20O. The van der Waals surface area contributed by atoms with Crippen molar-refractivity contribution in [2.24, 2.45) is 17.8 Å². The monoisotopic (exact) mass is 168 g/mol. The lowest BCUT2D eigenvalue weighted by atomic mass is 9.78. The molecule has 2 unspecified atom stereocenters. The summed E-state index contributed by atoms with van der Waals surface area (Å²) in [6.07, 6.45) is 6.26. The fourth-order valence-electron chi connectivity index (χ4n) is 2.76. The van der Waals surface area contributed by atoms with Gasteiger partial charge in [-0.1, -0.05) is 26.7 Å². The molecule has 0 radical (unpaired) electrons. The molecule has 2 atom stereocenters. The molecule has 2 saturated carbocycles. The first-order valence-corrected chi connectivity index (χ1v) is 5.35. The van der Waals surface area contributed by atoms with E-state index < -0.39 is 0 Å². The molecule has 70 valence electrons. The van der Waals surface area contributed by atoms with Gasteiger partial charge in [0.25, 0.3) is 0 Å². The van der Waals surface area contributed by atoms with Crippen LogP contribution in [0.25, 0.3) is 0 Å². The van der Waals surface area contributed by atoms with Gasteiger partial charge < -0.3 is 5.11 Å². The molecule has 0 heterocycles. The summed E-state index contributed by atoms with van der Waals surface area (Å²) in [5, 5.41) is 10.1. The molecule has 12 heavy (non-hydrogen) atoms. The number of hydrogen-bond acceptors (Lipinski definition) is 1. The van der Waals surface area contributed by atoms with Crippen LogP contribution in [0.2, 0.25) is 0 Å². The van der Waals surface area contributed by atoms with Crippen LogP contribution < -0.4 is 0 Å². The molecule has 1 nitrogen and oxygen atoms in total. The van der Waals surface area contributed by atoms with E-state index in [4.69, 9.17) is 0 Å². The molecule has 0 spiro atoms. The summed E-state index contributed by atoms with van der Waals surface area (Å²) in [4.78, 5) is 0. The summed E-state index contributed by atoms with van der Waals surface area (Å²) in [5.74, 6) is 2.11. The Balaban J connectivity index is 1.90.